The zero-order valence-corrected chi connectivity index (χ0v) is 15.1. The van der Waals surface area contributed by atoms with Crippen LogP contribution in [0.5, 0.6) is 5.75 Å². The van der Waals surface area contributed by atoms with Crippen molar-refractivity contribution in [2.45, 2.75) is 26.7 Å². The fourth-order valence-corrected chi connectivity index (χ4v) is 2.42. The first-order chi connectivity index (χ1) is 11.4. The Labute approximate surface area is 148 Å². The SMILES string of the molecule is COc1cc(Cl)c(C)cc1NC(=O)C=Cc1ccc(C(C)C)cc1. The Morgan fingerprint density at radius 3 is 2.46 bits per heavy atom. The first kappa shape index (κ1) is 18.1. The van der Waals surface area contributed by atoms with E-state index in [1.807, 2.05) is 19.1 Å². The fourth-order valence-electron chi connectivity index (χ4n) is 2.27. The average molecular weight is 344 g/mol. The normalized spacial score (nSPS) is 11.1. The first-order valence-electron chi connectivity index (χ1n) is 7.84. The number of aryl methyl sites for hydroxylation is 1. The maximum Gasteiger partial charge on any atom is 0.248 e. The quantitative estimate of drug-likeness (QED) is 0.735. The van der Waals surface area contributed by atoms with E-state index in [1.165, 1.54) is 11.6 Å². The molecule has 0 aromatic heterocycles. The lowest BCUT2D eigenvalue weighted by molar-refractivity contribution is -0.111. The molecule has 0 aliphatic carbocycles. The van der Waals surface area contributed by atoms with E-state index in [0.717, 1.165) is 11.1 Å². The molecule has 3 nitrogen and oxygen atoms in total. The van der Waals surface area contributed by atoms with Gasteiger partial charge in [-0.3, -0.25) is 4.79 Å². The van der Waals surface area contributed by atoms with Gasteiger partial charge in [-0.2, -0.15) is 0 Å². The minimum atomic E-state index is -0.219. The number of rotatable bonds is 5. The van der Waals surface area contributed by atoms with Crippen molar-refractivity contribution in [3.05, 3.63) is 64.2 Å². The van der Waals surface area contributed by atoms with Crippen LogP contribution in [0.25, 0.3) is 6.08 Å². The molecule has 0 spiro atoms. The van der Waals surface area contributed by atoms with Gasteiger partial charge in [-0.1, -0.05) is 49.7 Å². The monoisotopic (exact) mass is 343 g/mol. The number of amides is 1. The van der Waals surface area contributed by atoms with Crippen LogP contribution in [0.3, 0.4) is 0 Å². The highest BCUT2D eigenvalue weighted by molar-refractivity contribution is 6.31. The number of hydrogen-bond acceptors (Lipinski definition) is 2. The second-order valence-electron chi connectivity index (χ2n) is 5.95. The number of ether oxygens (including phenoxy) is 1. The van der Waals surface area contributed by atoms with Crippen LogP contribution < -0.4 is 10.1 Å². The van der Waals surface area contributed by atoms with Gasteiger partial charge in [0.25, 0.3) is 0 Å². The topological polar surface area (TPSA) is 38.3 Å². The largest absolute Gasteiger partial charge is 0.495 e. The molecule has 1 N–H and O–H groups in total. The van der Waals surface area contributed by atoms with Crippen molar-refractivity contribution in [2.75, 3.05) is 12.4 Å². The van der Waals surface area contributed by atoms with Crippen LogP contribution in [-0.4, -0.2) is 13.0 Å². The molecule has 0 saturated carbocycles. The predicted molar refractivity (Wildman–Crippen MR) is 101 cm³/mol. The van der Waals surface area contributed by atoms with Gasteiger partial charge in [0.1, 0.15) is 5.75 Å². The van der Waals surface area contributed by atoms with E-state index >= 15 is 0 Å². The van der Waals surface area contributed by atoms with E-state index in [1.54, 1.807) is 25.3 Å². The van der Waals surface area contributed by atoms with Crippen molar-refractivity contribution in [2.24, 2.45) is 0 Å². The Kier molecular flexibility index (Phi) is 6.04. The van der Waals surface area contributed by atoms with Crippen LogP contribution in [0, 0.1) is 6.92 Å². The van der Waals surface area contributed by atoms with Crippen LogP contribution in [0.2, 0.25) is 5.02 Å². The molecule has 0 heterocycles. The summed E-state index contributed by atoms with van der Waals surface area (Å²) in [7, 11) is 1.54. The van der Waals surface area contributed by atoms with E-state index in [0.29, 0.717) is 22.4 Å². The van der Waals surface area contributed by atoms with Crippen molar-refractivity contribution in [3.63, 3.8) is 0 Å². The Hall–Kier alpha value is -2.26. The second-order valence-corrected chi connectivity index (χ2v) is 6.35. The van der Waals surface area contributed by atoms with Crippen molar-refractivity contribution < 1.29 is 9.53 Å². The Balaban J connectivity index is 2.09. The molecule has 0 radical (unpaired) electrons. The molecule has 0 bridgehead atoms. The smallest absolute Gasteiger partial charge is 0.248 e. The summed E-state index contributed by atoms with van der Waals surface area (Å²) < 4.78 is 5.26. The zero-order valence-electron chi connectivity index (χ0n) is 14.4. The molecule has 0 aliphatic rings. The van der Waals surface area contributed by atoms with Gasteiger partial charge in [-0.05, 0) is 41.7 Å². The number of carbonyl (C=O) groups is 1. The summed E-state index contributed by atoms with van der Waals surface area (Å²) in [5.74, 6) is 0.809. The third-order valence-electron chi connectivity index (χ3n) is 3.77. The van der Waals surface area contributed by atoms with E-state index < -0.39 is 0 Å². The highest BCUT2D eigenvalue weighted by Gasteiger charge is 2.08. The molecule has 2 aromatic carbocycles. The summed E-state index contributed by atoms with van der Waals surface area (Å²) in [5, 5.41) is 3.42. The molecule has 2 aromatic rings. The van der Waals surface area contributed by atoms with E-state index in [9.17, 15) is 4.79 Å². The lowest BCUT2D eigenvalue weighted by Gasteiger charge is -2.11. The zero-order chi connectivity index (χ0) is 17.7. The third kappa shape index (κ3) is 4.62. The van der Waals surface area contributed by atoms with Crippen LogP contribution in [0.4, 0.5) is 5.69 Å². The number of nitrogens with one attached hydrogen (secondary N) is 1. The summed E-state index contributed by atoms with van der Waals surface area (Å²) in [4.78, 5) is 12.1. The van der Waals surface area contributed by atoms with Crippen LogP contribution in [0.15, 0.2) is 42.5 Å². The number of methoxy groups -OCH3 is 1. The molecular formula is C20H22ClNO2. The average Bonchev–Trinajstić information content (AvgIpc) is 2.56. The predicted octanol–water partition coefficient (Wildman–Crippen LogP) is 5.43. The van der Waals surface area contributed by atoms with Gasteiger partial charge in [-0.15, -0.1) is 0 Å². The lowest BCUT2D eigenvalue weighted by atomic mass is 10.0. The molecule has 4 heteroatoms. The molecule has 126 valence electrons. The van der Waals surface area contributed by atoms with Crippen molar-refractivity contribution >= 4 is 29.3 Å². The molecule has 24 heavy (non-hydrogen) atoms. The van der Waals surface area contributed by atoms with E-state index in [4.69, 9.17) is 16.3 Å². The maximum atomic E-state index is 12.1. The molecule has 0 unspecified atom stereocenters. The molecule has 0 atom stereocenters. The van der Waals surface area contributed by atoms with Gasteiger partial charge >= 0.3 is 0 Å². The molecule has 1 amide bonds. The van der Waals surface area contributed by atoms with Crippen LogP contribution in [0.1, 0.15) is 36.5 Å². The minimum absolute atomic E-state index is 0.219. The highest BCUT2D eigenvalue weighted by atomic mass is 35.5. The van der Waals surface area contributed by atoms with Crippen molar-refractivity contribution in [3.8, 4) is 5.75 Å². The standard InChI is InChI=1S/C20H22ClNO2/c1-13(2)16-8-5-15(6-9-16)7-10-20(23)22-18-11-14(3)17(21)12-19(18)24-4/h5-13H,1-4H3,(H,22,23). The molecule has 2 rings (SSSR count). The number of carbonyl (C=O) groups excluding carboxylic acids is 1. The Morgan fingerprint density at radius 2 is 1.88 bits per heavy atom. The number of benzene rings is 2. The minimum Gasteiger partial charge on any atom is -0.495 e. The fraction of sp³-hybridized carbons (Fsp3) is 0.250. The molecule has 0 fully saturated rings. The van der Waals surface area contributed by atoms with Gasteiger partial charge in [0.2, 0.25) is 5.91 Å². The Bertz CT molecular complexity index is 749. The van der Waals surface area contributed by atoms with Gasteiger partial charge in [0.15, 0.2) is 0 Å². The van der Waals surface area contributed by atoms with Gasteiger partial charge in [-0.25, -0.2) is 0 Å². The summed E-state index contributed by atoms with van der Waals surface area (Å²) in [5.41, 5.74) is 3.73. The van der Waals surface area contributed by atoms with Crippen molar-refractivity contribution in [1.82, 2.24) is 0 Å². The highest BCUT2D eigenvalue weighted by Crippen LogP contribution is 2.30. The van der Waals surface area contributed by atoms with Gasteiger partial charge in [0, 0.05) is 17.2 Å². The second kappa shape index (κ2) is 8.02. The first-order valence-corrected chi connectivity index (χ1v) is 8.21. The Morgan fingerprint density at radius 1 is 1.21 bits per heavy atom. The number of anilines is 1. The molecule has 0 aliphatic heterocycles. The molecular weight excluding hydrogens is 322 g/mol. The summed E-state index contributed by atoms with van der Waals surface area (Å²) in [6, 6.07) is 11.7. The van der Waals surface area contributed by atoms with Gasteiger partial charge in [0.05, 0.1) is 12.8 Å². The summed E-state index contributed by atoms with van der Waals surface area (Å²) >= 11 is 6.07. The van der Waals surface area contributed by atoms with Crippen LogP contribution in [-0.2, 0) is 4.79 Å². The number of halogens is 1. The van der Waals surface area contributed by atoms with Crippen LogP contribution >= 0.6 is 11.6 Å². The molecule has 0 saturated heterocycles. The number of hydrogen-bond donors (Lipinski definition) is 1. The van der Waals surface area contributed by atoms with E-state index in [-0.39, 0.29) is 5.91 Å². The third-order valence-corrected chi connectivity index (χ3v) is 4.18. The lowest BCUT2D eigenvalue weighted by Crippen LogP contribution is -2.09. The van der Waals surface area contributed by atoms with Gasteiger partial charge < -0.3 is 10.1 Å². The maximum absolute atomic E-state index is 12.1. The van der Waals surface area contributed by atoms with E-state index in [2.05, 4.69) is 31.3 Å². The van der Waals surface area contributed by atoms with Crippen molar-refractivity contribution in [1.29, 1.82) is 0 Å². The summed E-state index contributed by atoms with van der Waals surface area (Å²) in [6.07, 6.45) is 3.29. The summed E-state index contributed by atoms with van der Waals surface area (Å²) in [6.45, 7) is 6.18.